The van der Waals surface area contributed by atoms with Crippen molar-refractivity contribution in [2.75, 3.05) is 20.6 Å². The van der Waals surface area contributed by atoms with Crippen molar-refractivity contribution in [2.45, 2.75) is 116 Å². The maximum atomic E-state index is 14.2. The third-order valence-corrected chi connectivity index (χ3v) is 9.64. The molecule has 2 bridgehead atoms. The van der Waals surface area contributed by atoms with Crippen LogP contribution in [0.25, 0.3) is 0 Å². The van der Waals surface area contributed by atoms with Crippen LogP contribution >= 0.6 is 0 Å². The molecule has 4 rings (SSSR count). The predicted molar refractivity (Wildman–Crippen MR) is 190 cm³/mol. The number of hydrogen-bond donors (Lipinski definition) is 5. The predicted octanol–water partition coefficient (Wildman–Crippen LogP) is 1.79. The van der Waals surface area contributed by atoms with Gasteiger partial charge in [-0.2, -0.15) is 0 Å². The molecule has 7 amide bonds. The molecule has 2 aliphatic carbocycles. The molecule has 1 saturated heterocycles. The number of benzene rings is 1. The number of hydrogen-bond acceptors (Lipinski definition) is 7. The number of urea groups is 1. The van der Waals surface area contributed by atoms with Crippen LogP contribution in [-0.4, -0.2) is 101 Å². The number of Topliss-reactive ketones (excluding diaryl/α,β-unsaturated/α-hetero) is 1. The second-order valence-corrected chi connectivity index (χ2v) is 16.5. The summed E-state index contributed by atoms with van der Waals surface area (Å²) in [6, 6.07) is 4.07. The number of rotatable bonds is 13. The van der Waals surface area contributed by atoms with E-state index in [-0.39, 0.29) is 36.1 Å². The summed E-state index contributed by atoms with van der Waals surface area (Å²) in [6.45, 7) is 10.5. The summed E-state index contributed by atoms with van der Waals surface area (Å²) < 4.78 is 0. The third kappa shape index (κ3) is 10.3. The molecule has 3 unspecified atom stereocenters. The molecule has 1 heterocycles. The van der Waals surface area contributed by atoms with Crippen LogP contribution < -0.4 is 26.6 Å². The van der Waals surface area contributed by atoms with Crippen LogP contribution in [0.3, 0.4) is 0 Å². The first-order valence-electron chi connectivity index (χ1n) is 17.9. The Morgan fingerprint density at radius 1 is 0.863 bits per heavy atom. The molecule has 3 fully saturated rings. The van der Waals surface area contributed by atoms with E-state index in [1.807, 2.05) is 41.5 Å². The zero-order valence-corrected chi connectivity index (χ0v) is 31.1. The quantitative estimate of drug-likeness (QED) is 0.193. The lowest BCUT2D eigenvalue weighted by Gasteiger charge is -2.40. The van der Waals surface area contributed by atoms with Gasteiger partial charge in [0.2, 0.25) is 29.4 Å². The summed E-state index contributed by atoms with van der Waals surface area (Å²) in [5.41, 5.74) is -0.644. The van der Waals surface area contributed by atoms with Gasteiger partial charge in [0.1, 0.15) is 18.1 Å². The van der Waals surface area contributed by atoms with Crippen molar-refractivity contribution in [2.24, 2.45) is 17.3 Å². The smallest absolute Gasteiger partial charge is 0.315 e. The molecule has 3 aliphatic rings. The number of piperidine rings is 1. The highest BCUT2D eigenvalue weighted by atomic mass is 16.2. The molecule has 280 valence electrons. The van der Waals surface area contributed by atoms with Gasteiger partial charge in [0.15, 0.2) is 0 Å². The fourth-order valence-corrected chi connectivity index (χ4v) is 6.93. The Hall–Kier alpha value is -4.49. The van der Waals surface area contributed by atoms with Crippen molar-refractivity contribution < 1.29 is 33.6 Å². The maximum absolute atomic E-state index is 14.2. The fraction of sp³-hybridized carbons (Fsp3) is 0.649. The number of likely N-dealkylation sites (tertiary alicyclic amines) is 1. The second-order valence-electron chi connectivity index (χ2n) is 16.5. The van der Waals surface area contributed by atoms with Crippen molar-refractivity contribution >= 4 is 41.4 Å². The van der Waals surface area contributed by atoms with Gasteiger partial charge >= 0.3 is 6.03 Å². The topological polar surface area (TPSA) is 186 Å². The molecule has 0 aromatic heterocycles. The molecule has 1 aromatic rings. The first kappa shape index (κ1) is 39.3. The molecule has 2 saturated carbocycles. The minimum Gasteiger partial charge on any atom is -0.347 e. The highest BCUT2D eigenvalue weighted by molar-refractivity contribution is 6.38. The Balaban J connectivity index is 1.44. The van der Waals surface area contributed by atoms with E-state index in [4.69, 9.17) is 0 Å². The Bertz CT molecular complexity index is 1500. The molecule has 51 heavy (non-hydrogen) atoms. The van der Waals surface area contributed by atoms with E-state index in [1.54, 1.807) is 49.3 Å². The van der Waals surface area contributed by atoms with E-state index < -0.39 is 71.2 Å². The van der Waals surface area contributed by atoms with E-state index in [1.165, 1.54) is 4.90 Å². The minimum absolute atomic E-state index is 0.125. The highest BCUT2D eigenvalue weighted by Crippen LogP contribution is 2.44. The molecular formula is C37H55N7O7. The maximum Gasteiger partial charge on any atom is 0.315 e. The molecule has 1 aliphatic heterocycles. The standard InChI is InChI=1S/C37H55N7O7/c1-36(2,3)30(41-35(51)42-37(4,5)6)34(50)44-24-17-16-23(19-24)28(44)31(47)39-25(18-21-14-15-21)29(46)32(48)38-20-26(45)40-27(33(49)43(7)8)22-12-10-9-11-13-22/h9-13,21,23-25,27-28,30H,14-20H2,1-8H3,(H,38,48)(H,39,47)(H,40,45)(H2,41,42,51)/t23?,24?,25?,27-,28-,30+/m0/s1. The number of nitrogens with one attached hydrogen (secondary N) is 5. The van der Waals surface area contributed by atoms with Crippen LogP contribution in [0.2, 0.25) is 0 Å². The monoisotopic (exact) mass is 709 g/mol. The van der Waals surface area contributed by atoms with E-state index in [2.05, 4.69) is 26.6 Å². The molecule has 1 aromatic carbocycles. The van der Waals surface area contributed by atoms with Gasteiger partial charge in [-0.15, -0.1) is 0 Å². The van der Waals surface area contributed by atoms with Gasteiger partial charge in [0, 0.05) is 25.7 Å². The van der Waals surface area contributed by atoms with Gasteiger partial charge in [-0.3, -0.25) is 28.8 Å². The van der Waals surface area contributed by atoms with Crippen LogP contribution in [0, 0.1) is 17.3 Å². The highest BCUT2D eigenvalue weighted by Gasteiger charge is 2.54. The van der Waals surface area contributed by atoms with Gasteiger partial charge in [0.25, 0.3) is 5.91 Å². The first-order valence-corrected chi connectivity index (χ1v) is 17.9. The Labute approximate surface area is 300 Å². The first-order chi connectivity index (χ1) is 23.8. The normalized spacial score (nSPS) is 21.5. The largest absolute Gasteiger partial charge is 0.347 e. The Kier molecular flexibility index (Phi) is 12.2. The molecule has 0 radical (unpaired) electrons. The number of carbonyl (C=O) groups is 7. The number of fused-ring (bicyclic) bond motifs is 2. The van der Waals surface area contributed by atoms with Gasteiger partial charge in [-0.05, 0) is 69.3 Å². The lowest BCUT2D eigenvalue weighted by Crippen LogP contribution is -2.63. The zero-order valence-electron chi connectivity index (χ0n) is 31.1. The number of likely N-dealkylation sites (N-methyl/N-ethyl adjacent to an activating group) is 1. The van der Waals surface area contributed by atoms with Crippen LogP contribution in [-0.2, 0) is 28.8 Å². The summed E-state index contributed by atoms with van der Waals surface area (Å²) in [7, 11) is 3.13. The van der Waals surface area contributed by atoms with Gasteiger partial charge in [-0.25, -0.2) is 4.79 Å². The molecule has 0 spiro atoms. The molecular weight excluding hydrogens is 654 g/mol. The van der Waals surface area contributed by atoms with Crippen molar-refractivity contribution in [3.8, 4) is 0 Å². The Morgan fingerprint density at radius 2 is 1.51 bits per heavy atom. The summed E-state index contributed by atoms with van der Waals surface area (Å²) in [5.74, 6) is -3.80. The fourth-order valence-electron chi connectivity index (χ4n) is 6.93. The number of ketones is 1. The van der Waals surface area contributed by atoms with Crippen LogP contribution in [0.4, 0.5) is 4.79 Å². The third-order valence-electron chi connectivity index (χ3n) is 9.64. The van der Waals surface area contributed by atoms with Crippen molar-refractivity contribution in [3.63, 3.8) is 0 Å². The van der Waals surface area contributed by atoms with Gasteiger partial charge in [-0.1, -0.05) is 63.9 Å². The van der Waals surface area contributed by atoms with E-state index >= 15 is 0 Å². The van der Waals surface area contributed by atoms with E-state index in [9.17, 15) is 33.6 Å². The van der Waals surface area contributed by atoms with Crippen molar-refractivity contribution in [1.82, 2.24) is 36.4 Å². The molecule has 14 heteroatoms. The van der Waals surface area contributed by atoms with Crippen molar-refractivity contribution in [1.29, 1.82) is 0 Å². The SMILES string of the molecule is CN(C)C(=O)[C@@H](NC(=O)CNC(=O)C(=O)C(CC1CC1)NC(=O)[C@@H]1C2CCC(C2)N1C(=O)[C@@H](NC(=O)NC(C)(C)C)C(C)(C)C)c1ccccc1. The van der Waals surface area contributed by atoms with E-state index in [0.29, 0.717) is 12.0 Å². The van der Waals surface area contributed by atoms with E-state index in [0.717, 1.165) is 25.7 Å². The average molecular weight is 710 g/mol. The average Bonchev–Trinajstić information content (AvgIpc) is 3.62. The van der Waals surface area contributed by atoms with Gasteiger partial charge in [0.05, 0.1) is 12.6 Å². The van der Waals surface area contributed by atoms with Crippen LogP contribution in [0.15, 0.2) is 30.3 Å². The van der Waals surface area contributed by atoms with Gasteiger partial charge < -0.3 is 36.4 Å². The molecule has 5 N–H and O–H groups in total. The number of carbonyl (C=O) groups excluding carboxylic acids is 7. The molecule has 6 atom stereocenters. The summed E-state index contributed by atoms with van der Waals surface area (Å²) in [4.78, 5) is 96.4. The number of amides is 7. The number of nitrogens with zero attached hydrogens (tertiary/aromatic N) is 2. The lowest BCUT2D eigenvalue weighted by atomic mass is 9.84. The summed E-state index contributed by atoms with van der Waals surface area (Å²) in [6.07, 6.45) is 4.07. The minimum atomic E-state index is -1.15. The lowest BCUT2D eigenvalue weighted by molar-refractivity contribution is -0.147. The second kappa shape index (κ2) is 15.8. The zero-order chi connectivity index (χ0) is 37.8. The summed E-state index contributed by atoms with van der Waals surface area (Å²) in [5, 5.41) is 13.5. The van der Waals surface area contributed by atoms with Crippen LogP contribution in [0.1, 0.15) is 91.7 Å². The van der Waals surface area contributed by atoms with Crippen LogP contribution in [0.5, 0.6) is 0 Å². The van der Waals surface area contributed by atoms with Crippen molar-refractivity contribution in [3.05, 3.63) is 35.9 Å². The Morgan fingerprint density at radius 3 is 2.08 bits per heavy atom. The molecule has 14 nitrogen and oxygen atoms in total. The summed E-state index contributed by atoms with van der Waals surface area (Å²) >= 11 is 0.